The first-order chi connectivity index (χ1) is 17.8. The van der Waals surface area contributed by atoms with Crippen molar-refractivity contribution >= 4 is 17.7 Å². The Bertz CT molecular complexity index is 1330. The lowest BCUT2D eigenvalue weighted by Crippen LogP contribution is -2.47. The number of hydrogen-bond acceptors (Lipinski definition) is 3. The van der Waals surface area contributed by atoms with Crippen LogP contribution in [-0.2, 0) is 9.59 Å². The molecule has 1 aliphatic carbocycles. The Morgan fingerprint density at radius 3 is 1.97 bits per heavy atom. The normalized spacial score (nSPS) is 23.5. The van der Waals surface area contributed by atoms with Crippen LogP contribution in [0.4, 0.5) is 8.78 Å². The number of rotatable bonds is 6. The van der Waals surface area contributed by atoms with Gasteiger partial charge in [0, 0.05) is 17.4 Å². The van der Waals surface area contributed by atoms with Crippen LogP contribution in [0.25, 0.3) is 0 Å². The molecule has 0 bridgehead atoms. The molecular formula is C30H27F2NO4. The van der Waals surface area contributed by atoms with E-state index in [2.05, 4.69) is 0 Å². The molecule has 4 unspecified atom stereocenters. The van der Waals surface area contributed by atoms with Crippen molar-refractivity contribution in [2.45, 2.75) is 44.2 Å². The summed E-state index contributed by atoms with van der Waals surface area (Å²) in [4.78, 5) is 42.2. The van der Waals surface area contributed by atoms with Gasteiger partial charge in [-0.05, 0) is 61.2 Å². The van der Waals surface area contributed by atoms with E-state index in [9.17, 15) is 28.3 Å². The number of likely N-dealkylation sites (tertiary alicyclic amines) is 1. The summed E-state index contributed by atoms with van der Waals surface area (Å²) in [6, 6.07) is 15.6. The Kier molecular flexibility index (Phi) is 6.63. The second-order valence-corrected chi connectivity index (χ2v) is 9.99. The van der Waals surface area contributed by atoms with E-state index in [1.54, 1.807) is 18.2 Å². The molecule has 1 heterocycles. The van der Waals surface area contributed by atoms with Gasteiger partial charge < -0.3 is 10.0 Å². The van der Waals surface area contributed by atoms with E-state index >= 15 is 0 Å². The molecule has 7 heteroatoms. The van der Waals surface area contributed by atoms with Crippen molar-refractivity contribution in [3.05, 3.63) is 107 Å². The fourth-order valence-corrected chi connectivity index (χ4v) is 5.72. The summed E-state index contributed by atoms with van der Waals surface area (Å²) in [5, 5.41) is 10.5. The third kappa shape index (κ3) is 4.54. The molecule has 5 nitrogen and oxygen atoms in total. The first kappa shape index (κ1) is 24.8. The number of Topliss-reactive ketones (excluding diaryl/α,β-unsaturated/α-hetero) is 1. The summed E-state index contributed by atoms with van der Waals surface area (Å²) in [6.45, 7) is 1.85. The number of carbonyl (C=O) groups is 3. The minimum Gasteiger partial charge on any atom is -0.480 e. The van der Waals surface area contributed by atoms with Crippen molar-refractivity contribution in [2.75, 3.05) is 0 Å². The van der Waals surface area contributed by atoms with Crippen LogP contribution < -0.4 is 0 Å². The third-order valence-electron chi connectivity index (χ3n) is 7.70. The lowest BCUT2D eigenvalue weighted by atomic mass is 9.76. The lowest BCUT2D eigenvalue weighted by Gasteiger charge is -2.36. The van der Waals surface area contributed by atoms with Crippen LogP contribution in [0.2, 0.25) is 0 Å². The number of halogens is 2. The number of carboxylic acids is 1. The second kappa shape index (κ2) is 9.88. The molecule has 1 saturated carbocycles. The second-order valence-electron chi connectivity index (χ2n) is 9.99. The lowest BCUT2D eigenvalue weighted by molar-refractivity contribution is -0.153. The Balaban J connectivity index is 1.74. The minimum atomic E-state index is -1.35. The van der Waals surface area contributed by atoms with Gasteiger partial charge in [0.15, 0.2) is 5.78 Å². The number of carboxylic acid groups (broad SMARTS) is 1. The fraction of sp³-hybridized carbons (Fsp3) is 0.300. The van der Waals surface area contributed by atoms with E-state index in [4.69, 9.17) is 0 Å². The van der Waals surface area contributed by atoms with Crippen LogP contribution in [0.3, 0.4) is 0 Å². The van der Waals surface area contributed by atoms with E-state index in [1.807, 2.05) is 13.0 Å². The van der Waals surface area contributed by atoms with E-state index in [0.29, 0.717) is 29.5 Å². The summed E-state index contributed by atoms with van der Waals surface area (Å²) in [7, 11) is 0. The maximum absolute atomic E-state index is 14.2. The molecule has 1 N–H and O–H groups in total. The first-order valence-electron chi connectivity index (χ1n) is 12.4. The Hall–Kier alpha value is -3.87. The number of amides is 1. The van der Waals surface area contributed by atoms with Crippen LogP contribution in [0, 0.1) is 30.4 Å². The summed E-state index contributed by atoms with van der Waals surface area (Å²) < 4.78 is 27.7. The largest absolute Gasteiger partial charge is 0.480 e. The molecule has 0 radical (unpaired) electrons. The van der Waals surface area contributed by atoms with Gasteiger partial charge in [-0.2, -0.15) is 0 Å². The Morgan fingerprint density at radius 1 is 0.865 bits per heavy atom. The van der Waals surface area contributed by atoms with E-state index < -0.39 is 41.5 Å². The van der Waals surface area contributed by atoms with Crippen LogP contribution >= 0.6 is 0 Å². The van der Waals surface area contributed by atoms with Gasteiger partial charge in [0.2, 0.25) is 5.91 Å². The number of aryl methyl sites for hydroxylation is 1. The van der Waals surface area contributed by atoms with Gasteiger partial charge in [-0.3, -0.25) is 9.59 Å². The van der Waals surface area contributed by atoms with Gasteiger partial charge in [-0.15, -0.1) is 0 Å². The van der Waals surface area contributed by atoms with E-state index in [-0.39, 0.29) is 17.6 Å². The quantitative estimate of drug-likeness (QED) is 0.439. The first-order valence-corrected chi connectivity index (χ1v) is 12.4. The third-order valence-corrected chi connectivity index (χ3v) is 7.70. The SMILES string of the molecule is Cc1cccc(C(=O)C2C(c3ccc(F)cc3)C(C(=O)O)N(C(=O)C3CCC3)C2c2ccc(F)cc2)c1. The van der Waals surface area contributed by atoms with Crippen molar-refractivity contribution in [1.29, 1.82) is 0 Å². The zero-order chi connectivity index (χ0) is 26.3. The van der Waals surface area contributed by atoms with E-state index in [0.717, 1.165) is 12.0 Å². The van der Waals surface area contributed by atoms with Crippen molar-refractivity contribution < 1.29 is 28.3 Å². The highest BCUT2D eigenvalue weighted by Crippen LogP contribution is 2.52. The number of nitrogens with zero attached hydrogens (tertiary/aromatic N) is 1. The van der Waals surface area contributed by atoms with Crippen LogP contribution in [0.1, 0.15) is 58.3 Å². The Labute approximate surface area is 213 Å². The number of carbonyl (C=O) groups excluding carboxylic acids is 2. The predicted octanol–water partition coefficient (Wildman–Crippen LogP) is 5.69. The van der Waals surface area contributed by atoms with Gasteiger partial charge in [-0.25, -0.2) is 13.6 Å². The van der Waals surface area contributed by atoms with Crippen molar-refractivity contribution in [3.8, 4) is 0 Å². The molecule has 1 saturated heterocycles. The van der Waals surface area contributed by atoms with Gasteiger partial charge in [0.1, 0.15) is 17.7 Å². The molecule has 0 spiro atoms. The van der Waals surface area contributed by atoms with Crippen LogP contribution in [0.5, 0.6) is 0 Å². The Morgan fingerprint density at radius 2 is 1.46 bits per heavy atom. The maximum atomic E-state index is 14.2. The topological polar surface area (TPSA) is 74.7 Å². The maximum Gasteiger partial charge on any atom is 0.327 e. The molecule has 2 aliphatic rings. The highest BCUT2D eigenvalue weighted by Gasteiger charge is 2.58. The minimum absolute atomic E-state index is 0.317. The zero-order valence-electron chi connectivity index (χ0n) is 20.3. The molecule has 5 rings (SSSR count). The summed E-state index contributed by atoms with van der Waals surface area (Å²) in [5.41, 5.74) is 2.19. The van der Waals surface area contributed by atoms with Crippen LogP contribution in [-0.4, -0.2) is 33.7 Å². The molecule has 2 fully saturated rings. The standard InChI is InChI=1S/C30H27F2NO4/c1-17-4-2-7-21(16-17)28(34)25-24(18-8-12-22(31)13-9-18)27(30(36)37)33(29(35)20-5-3-6-20)26(25)19-10-14-23(32)15-11-19/h2,4,7-16,20,24-27H,3,5-6H2,1H3,(H,36,37). The van der Waals surface area contributed by atoms with Crippen molar-refractivity contribution in [2.24, 2.45) is 11.8 Å². The van der Waals surface area contributed by atoms with Gasteiger partial charge in [-0.1, -0.05) is 54.4 Å². The highest BCUT2D eigenvalue weighted by atomic mass is 19.1. The molecule has 3 aromatic rings. The summed E-state index contributed by atoms with van der Waals surface area (Å²) >= 11 is 0. The number of ketones is 1. The number of benzene rings is 3. The average Bonchev–Trinajstić information content (AvgIpc) is 3.20. The number of aliphatic carboxylic acids is 1. The molecule has 37 heavy (non-hydrogen) atoms. The van der Waals surface area contributed by atoms with Gasteiger partial charge >= 0.3 is 5.97 Å². The summed E-state index contributed by atoms with van der Waals surface area (Å²) in [5.74, 6) is -5.10. The van der Waals surface area contributed by atoms with Crippen molar-refractivity contribution in [3.63, 3.8) is 0 Å². The average molecular weight is 504 g/mol. The van der Waals surface area contributed by atoms with E-state index in [1.165, 1.54) is 53.4 Å². The number of hydrogen-bond donors (Lipinski definition) is 1. The molecule has 1 amide bonds. The molecule has 1 aliphatic heterocycles. The highest BCUT2D eigenvalue weighted by molar-refractivity contribution is 6.01. The van der Waals surface area contributed by atoms with Gasteiger partial charge in [0.25, 0.3) is 0 Å². The summed E-state index contributed by atoms with van der Waals surface area (Å²) in [6.07, 6.45) is 2.17. The molecule has 4 atom stereocenters. The molecule has 3 aromatic carbocycles. The van der Waals surface area contributed by atoms with Crippen molar-refractivity contribution in [1.82, 2.24) is 4.90 Å². The predicted molar refractivity (Wildman–Crippen MR) is 133 cm³/mol. The smallest absolute Gasteiger partial charge is 0.327 e. The van der Waals surface area contributed by atoms with Gasteiger partial charge in [0.05, 0.1) is 12.0 Å². The van der Waals surface area contributed by atoms with Crippen LogP contribution in [0.15, 0.2) is 72.8 Å². The fourth-order valence-electron chi connectivity index (χ4n) is 5.72. The monoisotopic (exact) mass is 503 g/mol. The molecule has 0 aromatic heterocycles. The molecule has 190 valence electrons. The molecular weight excluding hydrogens is 476 g/mol. The zero-order valence-corrected chi connectivity index (χ0v) is 20.3.